The van der Waals surface area contributed by atoms with Gasteiger partial charge >= 0.3 is 5.69 Å². The number of nitrogens with zero attached hydrogens (tertiary/aromatic N) is 1. The first-order valence-electron chi connectivity index (χ1n) is 9.02. The van der Waals surface area contributed by atoms with Crippen LogP contribution < -0.4 is 11.2 Å². The van der Waals surface area contributed by atoms with E-state index in [2.05, 4.69) is 37.0 Å². The van der Waals surface area contributed by atoms with E-state index in [0.29, 0.717) is 17.1 Å². The molecule has 1 aromatic heterocycles. The van der Waals surface area contributed by atoms with Gasteiger partial charge in [0.25, 0.3) is 5.56 Å². The second-order valence-electron chi connectivity index (χ2n) is 7.13. The smallest absolute Gasteiger partial charge is 0.283 e. The predicted molar refractivity (Wildman–Crippen MR) is 111 cm³/mol. The van der Waals surface area contributed by atoms with Gasteiger partial charge in [-0.05, 0) is 48.6 Å². The topological polar surface area (TPSA) is 54.9 Å². The standard InChI is InChI=1S/C22H24N2O2S/c1-14(2)19-20(25)23-22(26)24(13-17-8-6-5-7-9-17)21(19)27-18-11-15(3)10-16(4)12-18/h5-12,14H,13H2,1-4H3,(H,23,25,26). The molecule has 1 N–H and O–H groups in total. The highest BCUT2D eigenvalue weighted by Gasteiger charge is 2.19. The number of nitrogens with one attached hydrogen (secondary N) is 1. The van der Waals surface area contributed by atoms with Gasteiger partial charge in [0.05, 0.1) is 17.1 Å². The quantitative estimate of drug-likeness (QED) is 0.664. The summed E-state index contributed by atoms with van der Waals surface area (Å²) in [5, 5.41) is 0.715. The number of benzene rings is 2. The highest BCUT2D eigenvalue weighted by Crippen LogP contribution is 2.32. The lowest BCUT2D eigenvalue weighted by Crippen LogP contribution is -2.34. The summed E-state index contributed by atoms with van der Waals surface area (Å²) in [6, 6.07) is 16.1. The van der Waals surface area contributed by atoms with Crippen LogP contribution in [0.3, 0.4) is 0 Å². The van der Waals surface area contributed by atoms with Gasteiger partial charge in [-0.1, -0.05) is 62.0 Å². The molecule has 0 fully saturated rings. The van der Waals surface area contributed by atoms with Gasteiger partial charge in [0.2, 0.25) is 0 Å². The van der Waals surface area contributed by atoms with E-state index in [1.54, 1.807) is 4.57 Å². The summed E-state index contributed by atoms with van der Waals surface area (Å²) in [5.74, 6) is 0.00443. The molecular formula is C22H24N2O2S. The Balaban J connectivity index is 2.18. The van der Waals surface area contributed by atoms with Crippen molar-refractivity contribution in [3.8, 4) is 0 Å². The van der Waals surface area contributed by atoms with Gasteiger partial charge in [0, 0.05) is 4.90 Å². The van der Waals surface area contributed by atoms with Crippen molar-refractivity contribution in [1.29, 1.82) is 0 Å². The molecule has 0 amide bonds. The van der Waals surface area contributed by atoms with Crippen LogP contribution in [0.5, 0.6) is 0 Å². The largest absolute Gasteiger partial charge is 0.329 e. The van der Waals surface area contributed by atoms with Crippen LogP contribution in [0.2, 0.25) is 0 Å². The second-order valence-corrected chi connectivity index (χ2v) is 8.19. The van der Waals surface area contributed by atoms with Crippen molar-refractivity contribution in [3.63, 3.8) is 0 Å². The number of aryl methyl sites for hydroxylation is 2. The molecule has 4 nitrogen and oxygen atoms in total. The molecule has 0 aliphatic heterocycles. The highest BCUT2D eigenvalue weighted by molar-refractivity contribution is 7.99. The minimum Gasteiger partial charge on any atom is -0.283 e. The van der Waals surface area contributed by atoms with Crippen molar-refractivity contribution in [1.82, 2.24) is 9.55 Å². The Labute approximate surface area is 163 Å². The minimum absolute atomic E-state index is 0.00443. The molecule has 1 heterocycles. The van der Waals surface area contributed by atoms with Gasteiger partial charge in [-0.15, -0.1) is 0 Å². The molecule has 0 radical (unpaired) electrons. The van der Waals surface area contributed by atoms with Crippen LogP contribution in [-0.4, -0.2) is 9.55 Å². The fourth-order valence-electron chi connectivity index (χ4n) is 3.20. The molecule has 0 aliphatic rings. The summed E-state index contributed by atoms with van der Waals surface area (Å²) < 4.78 is 1.67. The van der Waals surface area contributed by atoms with Gasteiger partial charge in [-0.3, -0.25) is 14.3 Å². The first-order chi connectivity index (χ1) is 12.8. The number of hydrogen-bond acceptors (Lipinski definition) is 3. The maximum Gasteiger partial charge on any atom is 0.329 e. The molecule has 0 saturated heterocycles. The Kier molecular flexibility index (Phi) is 5.71. The van der Waals surface area contributed by atoms with E-state index in [4.69, 9.17) is 0 Å². The second kappa shape index (κ2) is 8.01. The van der Waals surface area contributed by atoms with Gasteiger partial charge in [0.15, 0.2) is 0 Å². The molecule has 3 aromatic rings. The van der Waals surface area contributed by atoms with Crippen LogP contribution in [0.4, 0.5) is 0 Å². The Hall–Kier alpha value is -2.53. The van der Waals surface area contributed by atoms with Gasteiger partial charge in [-0.2, -0.15) is 0 Å². The molecule has 27 heavy (non-hydrogen) atoms. The average Bonchev–Trinajstić information content (AvgIpc) is 2.58. The van der Waals surface area contributed by atoms with Crippen molar-refractivity contribution >= 4 is 11.8 Å². The van der Waals surface area contributed by atoms with Crippen LogP contribution in [0.15, 0.2) is 68.0 Å². The van der Waals surface area contributed by atoms with Gasteiger partial charge in [-0.25, -0.2) is 4.79 Å². The van der Waals surface area contributed by atoms with Crippen molar-refractivity contribution in [2.45, 2.75) is 50.1 Å². The molecule has 140 valence electrons. The van der Waals surface area contributed by atoms with Crippen LogP contribution >= 0.6 is 11.8 Å². The zero-order valence-corrected chi connectivity index (χ0v) is 16.9. The molecule has 0 saturated carbocycles. The van der Waals surface area contributed by atoms with E-state index in [1.807, 2.05) is 44.2 Å². The number of rotatable bonds is 5. The Morgan fingerprint density at radius 3 is 2.22 bits per heavy atom. The summed E-state index contributed by atoms with van der Waals surface area (Å²) in [6.45, 7) is 8.48. The first kappa shape index (κ1) is 19.2. The summed E-state index contributed by atoms with van der Waals surface area (Å²) >= 11 is 1.49. The van der Waals surface area contributed by atoms with Crippen molar-refractivity contribution in [2.24, 2.45) is 0 Å². The Morgan fingerprint density at radius 1 is 1.00 bits per heavy atom. The van der Waals surface area contributed by atoms with Crippen LogP contribution in [0.1, 0.15) is 42.0 Å². The molecular weight excluding hydrogens is 356 g/mol. The molecule has 0 aliphatic carbocycles. The van der Waals surface area contributed by atoms with Crippen molar-refractivity contribution in [2.75, 3.05) is 0 Å². The number of aromatic amines is 1. The maximum atomic E-state index is 12.7. The highest BCUT2D eigenvalue weighted by atomic mass is 32.2. The molecule has 3 rings (SSSR count). The Bertz CT molecular complexity index is 1050. The molecule has 0 unspecified atom stereocenters. The lowest BCUT2D eigenvalue weighted by molar-refractivity contribution is 0.617. The molecule has 0 atom stereocenters. The number of hydrogen-bond donors (Lipinski definition) is 1. The molecule has 5 heteroatoms. The SMILES string of the molecule is Cc1cc(C)cc(Sc2c(C(C)C)c(=O)[nH]c(=O)n2Cc2ccccc2)c1. The van der Waals surface area contributed by atoms with E-state index >= 15 is 0 Å². The predicted octanol–water partition coefficient (Wildman–Crippen LogP) is 4.48. The molecule has 0 spiro atoms. The number of aromatic nitrogens is 2. The van der Waals surface area contributed by atoms with Crippen molar-refractivity contribution < 1.29 is 0 Å². The maximum absolute atomic E-state index is 12.7. The summed E-state index contributed by atoms with van der Waals surface area (Å²) in [4.78, 5) is 28.7. The van der Waals surface area contributed by atoms with Gasteiger partial charge < -0.3 is 0 Å². The lowest BCUT2D eigenvalue weighted by atomic mass is 10.1. The van der Waals surface area contributed by atoms with Crippen molar-refractivity contribution in [3.05, 3.63) is 91.6 Å². The third kappa shape index (κ3) is 4.42. The van der Waals surface area contributed by atoms with E-state index in [0.717, 1.165) is 21.6 Å². The van der Waals surface area contributed by atoms with E-state index in [9.17, 15) is 9.59 Å². The van der Waals surface area contributed by atoms with Crippen LogP contribution in [0.25, 0.3) is 0 Å². The van der Waals surface area contributed by atoms with E-state index in [-0.39, 0.29) is 17.2 Å². The normalized spacial score (nSPS) is 11.1. The van der Waals surface area contributed by atoms with E-state index in [1.165, 1.54) is 11.8 Å². The molecule has 0 bridgehead atoms. The summed E-state index contributed by atoms with van der Waals surface area (Å²) in [5.41, 5.74) is 3.31. The van der Waals surface area contributed by atoms with Crippen LogP contribution in [0, 0.1) is 13.8 Å². The third-order valence-corrected chi connectivity index (χ3v) is 5.46. The zero-order valence-electron chi connectivity index (χ0n) is 16.1. The fraction of sp³-hybridized carbons (Fsp3) is 0.273. The monoisotopic (exact) mass is 380 g/mol. The minimum atomic E-state index is -0.375. The Morgan fingerprint density at radius 2 is 1.63 bits per heavy atom. The molecule has 2 aromatic carbocycles. The third-order valence-electron chi connectivity index (χ3n) is 4.36. The fourth-order valence-corrected chi connectivity index (χ4v) is 4.61. The first-order valence-corrected chi connectivity index (χ1v) is 9.84. The summed E-state index contributed by atoms with van der Waals surface area (Å²) in [7, 11) is 0. The lowest BCUT2D eigenvalue weighted by Gasteiger charge is -2.18. The average molecular weight is 381 g/mol. The van der Waals surface area contributed by atoms with E-state index < -0.39 is 0 Å². The zero-order chi connectivity index (χ0) is 19.6. The summed E-state index contributed by atoms with van der Waals surface area (Å²) in [6.07, 6.45) is 0. The van der Waals surface area contributed by atoms with Gasteiger partial charge in [0.1, 0.15) is 0 Å². The number of H-pyrrole nitrogens is 1. The van der Waals surface area contributed by atoms with Crippen LogP contribution in [-0.2, 0) is 6.54 Å².